The number of nitro groups is 1. The Hall–Kier alpha value is -1.85. The summed E-state index contributed by atoms with van der Waals surface area (Å²) in [5.74, 6) is -0.559. The predicted molar refractivity (Wildman–Crippen MR) is 47.0 cm³/mol. The van der Waals surface area contributed by atoms with Crippen LogP contribution in [0.4, 0.5) is 15.8 Å². The number of halogens is 1. The fourth-order valence-corrected chi connectivity index (χ4v) is 1.29. The van der Waals surface area contributed by atoms with E-state index in [9.17, 15) is 14.5 Å². The molecule has 0 radical (unpaired) electrons. The van der Waals surface area contributed by atoms with Crippen LogP contribution in [0.1, 0.15) is 0 Å². The van der Waals surface area contributed by atoms with E-state index >= 15 is 0 Å². The zero-order chi connectivity index (χ0) is 10.1. The first-order valence-corrected chi connectivity index (χ1v) is 4.03. The first kappa shape index (κ1) is 8.74. The lowest BCUT2D eigenvalue weighted by atomic mass is 10.2. The van der Waals surface area contributed by atoms with Crippen molar-refractivity contribution in [2.75, 3.05) is 18.5 Å². The van der Waals surface area contributed by atoms with Crippen LogP contribution in [-0.4, -0.2) is 18.1 Å². The van der Waals surface area contributed by atoms with Crippen LogP contribution < -0.4 is 10.1 Å². The first-order chi connectivity index (χ1) is 6.68. The highest BCUT2D eigenvalue weighted by molar-refractivity contribution is 5.63. The maximum Gasteiger partial charge on any atom is 0.307 e. The number of hydrogen-bond donors (Lipinski definition) is 1. The summed E-state index contributed by atoms with van der Waals surface area (Å²) in [6.07, 6.45) is 0. The van der Waals surface area contributed by atoms with E-state index in [1.54, 1.807) is 0 Å². The molecule has 0 saturated heterocycles. The van der Waals surface area contributed by atoms with E-state index in [2.05, 4.69) is 5.32 Å². The summed E-state index contributed by atoms with van der Waals surface area (Å²) < 4.78 is 18.2. The Morgan fingerprint density at radius 3 is 3.07 bits per heavy atom. The van der Waals surface area contributed by atoms with Gasteiger partial charge >= 0.3 is 5.69 Å². The van der Waals surface area contributed by atoms with E-state index in [1.807, 2.05) is 0 Å². The quantitative estimate of drug-likeness (QED) is 0.549. The molecule has 0 amide bonds. The van der Waals surface area contributed by atoms with E-state index in [1.165, 1.54) is 0 Å². The number of benzene rings is 1. The highest BCUT2D eigenvalue weighted by Gasteiger charge is 2.20. The molecule has 1 aromatic rings. The molecule has 14 heavy (non-hydrogen) atoms. The number of nitrogens with one attached hydrogen (secondary N) is 1. The van der Waals surface area contributed by atoms with Crippen molar-refractivity contribution in [3.05, 3.63) is 28.1 Å². The monoisotopic (exact) mass is 198 g/mol. The van der Waals surface area contributed by atoms with E-state index in [4.69, 9.17) is 4.74 Å². The number of ether oxygens (including phenoxy) is 1. The van der Waals surface area contributed by atoms with Crippen LogP contribution in [0.5, 0.6) is 5.75 Å². The van der Waals surface area contributed by atoms with Gasteiger partial charge in [0.25, 0.3) is 0 Å². The molecule has 1 N–H and O–H groups in total. The van der Waals surface area contributed by atoms with Crippen molar-refractivity contribution < 1.29 is 14.1 Å². The second-order valence-electron chi connectivity index (χ2n) is 2.83. The molecular weight excluding hydrogens is 191 g/mol. The maximum absolute atomic E-state index is 13.1. The molecule has 0 saturated carbocycles. The molecule has 0 aliphatic carbocycles. The fraction of sp³-hybridized carbons (Fsp3) is 0.250. The lowest BCUT2D eigenvalue weighted by molar-refractivity contribution is -0.387. The highest BCUT2D eigenvalue weighted by Crippen LogP contribution is 2.33. The van der Waals surface area contributed by atoms with Gasteiger partial charge in [-0.05, 0) is 0 Å². The molecule has 5 nitrogen and oxygen atoms in total. The van der Waals surface area contributed by atoms with Gasteiger partial charge in [-0.1, -0.05) is 0 Å². The normalized spacial score (nSPS) is 13.8. The van der Waals surface area contributed by atoms with Gasteiger partial charge in [0.1, 0.15) is 12.4 Å². The van der Waals surface area contributed by atoms with Gasteiger partial charge in [-0.2, -0.15) is 4.39 Å². The fourth-order valence-electron chi connectivity index (χ4n) is 1.29. The number of hydrogen-bond acceptors (Lipinski definition) is 4. The van der Waals surface area contributed by atoms with Crippen molar-refractivity contribution in [3.8, 4) is 5.75 Å². The van der Waals surface area contributed by atoms with E-state index in [0.717, 1.165) is 12.1 Å². The van der Waals surface area contributed by atoms with Crippen molar-refractivity contribution in [1.29, 1.82) is 0 Å². The maximum atomic E-state index is 13.1. The summed E-state index contributed by atoms with van der Waals surface area (Å²) in [6, 6.07) is 2.17. The molecule has 1 heterocycles. The summed E-state index contributed by atoms with van der Waals surface area (Å²) in [7, 11) is 0. The number of rotatable bonds is 1. The molecule has 0 unspecified atom stereocenters. The van der Waals surface area contributed by atoms with Gasteiger partial charge in [-0.15, -0.1) is 0 Å². The van der Waals surface area contributed by atoms with Gasteiger partial charge in [0, 0.05) is 18.7 Å². The number of nitro benzene ring substituents is 1. The Balaban J connectivity index is 2.50. The van der Waals surface area contributed by atoms with Crippen molar-refractivity contribution in [2.24, 2.45) is 0 Å². The Bertz CT molecular complexity index is 394. The number of anilines is 1. The number of fused-ring (bicyclic) bond motifs is 1. The van der Waals surface area contributed by atoms with Gasteiger partial charge in [0.05, 0.1) is 10.6 Å². The molecule has 0 fully saturated rings. The van der Waals surface area contributed by atoms with E-state index < -0.39 is 16.4 Å². The molecule has 1 aromatic carbocycles. The van der Waals surface area contributed by atoms with Gasteiger partial charge in [-0.25, -0.2) is 0 Å². The Kier molecular flexibility index (Phi) is 1.95. The van der Waals surface area contributed by atoms with Crippen molar-refractivity contribution in [3.63, 3.8) is 0 Å². The minimum absolute atomic E-state index is 0.319. The predicted octanol–water partition coefficient (Wildman–Crippen LogP) is 1.54. The molecule has 0 atom stereocenters. The van der Waals surface area contributed by atoms with E-state index in [0.29, 0.717) is 24.6 Å². The summed E-state index contributed by atoms with van der Waals surface area (Å²) in [5, 5.41) is 13.3. The van der Waals surface area contributed by atoms with Crippen molar-refractivity contribution in [1.82, 2.24) is 0 Å². The van der Waals surface area contributed by atoms with Gasteiger partial charge in [-0.3, -0.25) is 10.1 Å². The van der Waals surface area contributed by atoms with Gasteiger partial charge < -0.3 is 10.1 Å². The minimum atomic E-state index is -0.877. The summed E-state index contributed by atoms with van der Waals surface area (Å²) in [4.78, 5) is 9.65. The molecule has 0 spiro atoms. The largest absolute Gasteiger partial charge is 0.489 e. The molecule has 2 rings (SSSR count). The van der Waals surface area contributed by atoms with Crippen LogP contribution >= 0.6 is 0 Å². The first-order valence-electron chi connectivity index (χ1n) is 4.03. The third-order valence-electron chi connectivity index (χ3n) is 1.92. The zero-order valence-corrected chi connectivity index (χ0v) is 7.12. The van der Waals surface area contributed by atoms with Crippen LogP contribution in [0.15, 0.2) is 12.1 Å². The van der Waals surface area contributed by atoms with Crippen LogP contribution in [0, 0.1) is 15.9 Å². The topological polar surface area (TPSA) is 64.4 Å². The van der Waals surface area contributed by atoms with Crippen molar-refractivity contribution >= 4 is 11.4 Å². The van der Waals surface area contributed by atoms with Crippen LogP contribution in [0.25, 0.3) is 0 Å². The lowest BCUT2D eigenvalue weighted by Crippen LogP contribution is -2.18. The van der Waals surface area contributed by atoms with Crippen LogP contribution in [0.2, 0.25) is 0 Å². The zero-order valence-electron chi connectivity index (χ0n) is 7.12. The van der Waals surface area contributed by atoms with E-state index in [-0.39, 0.29) is 0 Å². The molecule has 1 aliphatic heterocycles. The minimum Gasteiger partial charge on any atom is -0.489 e. The van der Waals surface area contributed by atoms with Crippen LogP contribution in [-0.2, 0) is 0 Å². The third kappa shape index (κ3) is 1.34. The summed E-state index contributed by atoms with van der Waals surface area (Å²) in [6.45, 7) is 1.00. The Morgan fingerprint density at radius 1 is 1.57 bits per heavy atom. The second-order valence-corrected chi connectivity index (χ2v) is 2.83. The average molecular weight is 198 g/mol. The van der Waals surface area contributed by atoms with Gasteiger partial charge in [0.15, 0.2) is 0 Å². The SMILES string of the molecule is O=[N+]([O-])c1cc2c(cc1F)OCCN2. The highest BCUT2D eigenvalue weighted by atomic mass is 19.1. The summed E-state index contributed by atoms with van der Waals surface area (Å²) in [5.41, 5.74) is -0.0777. The standard InChI is InChI=1S/C8H7FN2O3/c9-5-3-8-6(10-1-2-14-8)4-7(5)11(12)13/h3-4,10H,1-2H2. The van der Waals surface area contributed by atoms with Crippen molar-refractivity contribution in [2.45, 2.75) is 0 Å². The lowest BCUT2D eigenvalue weighted by Gasteiger charge is -2.18. The second kappa shape index (κ2) is 3.13. The molecule has 0 aromatic heterocycles. The Morgan fingerprint density at radius 2 is 2.36 bits per heavy atom. The molecular formula is C8H7FN2O3. The Labute approximate surface area is 78.6 Å². The average Bonchev–Trinajstić information content (AvgIpc) is 2.16. The molecule has 1 aliphatic rings. The van der Waals surface area contributed by atoms with Crippen LogP contribution in [0.3, 0.4) is 0 Å². The molecule has 74 valence electrons. The number of nitrogens with zero attached hydrogens (tertiary/aromatic N) is 1. The summed E-state index contributed by atoms with van der Waals surface area (Å²) >= 11 is 0. The molecule has 6 heteroatoms. The third-order valence-corrected chi connectivity index (χ3v) is 1.92. The van der Waals surface area contributed by atoms with Gasteiger partial charge in [0.2, 0.25) is 5.82 Å². The molecule has 0 bridgehead atoms. The smallest absolute Gasteiger partial charge is 0.307 e.